The Balaban J connectivity index is 2.12. The van der Waals surface area contributed by atoms with E-state index < -0.39 is 0 Å². The van der Waals surface area contributed by atoms with Crippen molar-refractivity contribution in [2.24, 2.45) is 11.8 Å². The van der Waals surface area contributed by atoms with Crippen LogP contribution in [0.2, 0.25) is 0 Å². The van der Waals surface area contributed by atoms with Crippen molar-refractivity contribution in [3.05, 3.63) is 16.4 Å². The van der Waals surface area contributed by atoms with Gasteiger partial charge in [0, 0.05) is 7.11 Å². The average molecular weight is 358 g/mol. The molecule has 1 heterocycles. The monoisotopic (exact) mass is 357 g/mol. The van der Waals surface area contributed by atoms with Gasteiger partial charge in [-0.3, -0.25) is 4.68 Å². The highest BCUT2D eigenvalue weighted by Gasteiger charge is 2.30. The molecule has 1 aromatic rings. The molecule has 0 bridgehead atoms. The number of methoxy groups -OCH3 is 1. The van der Waals surface area contributed by atoms with Gasteiger partial charge in [0.05, 0.1) is 35.6 Å². The smallest absolute Gasteiger partial charge is 0.0699 e. The van der Waals surface area contributed by atoms with E-state index in [9.17, 15) is 0 Å². The van der Waals surface area contributed by atoms with Gasteiger partial charge in [-0.05, 0) is 47.7 Å². The molecule has 0 spiro atoms. The van der Waals surface area contributed by atoms with E-state index in [4.69, 9.17) is 4.74 Å². The maximum Gasteiger partial charge on any atom is 0.0699 e. The first-order valence-electron chi connectivity index (χ1n) is 8.08. The fourth-order valence-electron chi connectivity index (χ4n) is 3.56. The van der Waals surface area contributed by atoms with Crippen molar-refractivity contribution >= 4 is 15.9 Å². The highest BCUT2D eigenvalue weighted by Crippen LogP contribution is 2.39. The van der Waals surface area contributed by atoms with E-state index in [0.29, 0.717) is 18.6 Å². The van der Waals surface area contributed by atoms with Gasteiger partial charge in [0.2, 0.25) is 0 Å². The number of halogens is 1. The Morgan fingerprint density at radius 2 is 2.14 bits per heavy atom. The van der Waals surface area contributed by atoms with Gasteiger partial charge in [0.15, 0.2) is 0 Å². The first-order valence-corrected chi connectivity index (χ1v) is 8.87. The molecule has 0 aromatic carbocycles. The second-order valence-electron chi connectivity index (χ2n) is 6.05. The molecule has 0 aliphatic heterocycles. The minimum atomic E-state index is 0.372. The van der Waals surface area contributed by atoms with Crippen LogP contribution in [0, 0.1) is 11.8 Å². The van der Waals surface area contributed by atoms with Crippen molar-refractivity contribution in [2.75, 3.05) is 20.8 Å². The summed E-state index contributed by atoms with van der Waals surface area (Å²) in [5.41, 5.74) is 1.27. The van der Waals surface area contributed by atoms with Crippen LogP contribution in [0.5, 0.6) is 0 Å². The van der Waals surface area contributed by atoms with Crippen LogP contribution >= 0.6 is 15.9 Å². The third-order valence-electron chi connectivity index (χ3n) is 4.89. The summed E-state index contributed by atoms with van der Waals surface area (Å²) in [7, 11) is 3.80. The third kappa shape index (κ3) is 4.08. The molecular formula is C16H28BrN3O. The Hall–Kier alpha value is -0.390. The maximum atomic E-state index is 5.20. The van der Waals surface area contributed by atoms with E-state index in [2.05, 4.69) is 45.0 Å². The molecule has 1 aliphatic carbocycles. The summed E-state index contributed by atoms with van der Waals surface area (Å²) in [6, 6.07) is 0.372. The fourth-order valence-corrected chi connectivity index (χ4v) is 4.11. The van der Waals surface area contributed by atoms with Gasteiger partial charge in [-0.2, -0.15) is 5.10 Å². The van der Waals surface area contributed by atoms with E-state index in [1.807, 2.05) is 6.20 Å². The number of nitrogens with zero attached hydrogens (tertiary/aromatic N) is 2. The van der Waals surface area contributed by atoms with Gasteiger partial charge in [-0.25, -0.2) is 0 Å². The van der Waals surface area contributed by atoms with E-state index in [1.165, 1.54) is 37.8 Å². The summed E-state index contributed by atoms with van der Waals surface area (Å²) in [6.45, 7) is 3.82. The van der Waals surface area contributed by atoms with E-state index in [0.717, 1.165) is 16.9 Å². The van der Waals surface area contributed by atoms with Crippen LogP contribution in [-0.4, -0.2) is 30.5 Å². The number of rotatable bonds is 7. The zero-order valence-electron chi connectivity index (χ0n) is 13.4. The summed E-state index contributed by atoms with van der Waals surface area (Å²) in [6.07, 6.45) is 8.59. The van der Waals surface area contributed by atoms with Crippen LogP contribution in [0.4, 0.5) is 0 Å². The topological polar surface area (TPSA) is 39.1 Å². The molecule has 1 unspecified atom stereocenters. The summed E-state index contributed by atoms with van der Waals surface area (Å²) in [5.74, 6) is 1.63. The lowest BCUT2D eigenvalue weighted by atomic mass is 9.77. The van der Waals surface area contributed by atoms with Crippen molar-refractivity contribution in [3.8, 4) is 0 Å². The second-order valence-corrected chi connectivity index (χ2v) is 6.90. The van der Waals surface area contributed by atoms with Crippen LogP contribution in [0.3, 0.4) is 0 Å². The van der Waals surface area contributed by atoms with E-state index >= 15 is 0 Å². The van der Waals surface area contributed by atoms with Gasteiger partial charge < -0.3 is 10.1 Å². The zero-order valence-corrected chi connectivity index (χ0v) is 15.0. The van der Waals surface area contributed by atoms with Crippen LogP contribution in [-0.2, 0) is 11.3 Å². The molecule has 1 saturated carbocycles. The lowest BCUT2D eigenvalue weighted by Gasteiger charge is -2.34. The van der Waals surface area contributed by atoms with Gasteiger partial charge >= 0.3 is 0 Å². The number of hydrogen-bond donors (Lipinski definition) is 1. The Morgan fingerprint density at radius 1 is 1.43 bits per heavy atom. The molecule has 1 atom stereocenters. The van der Waals surface area contributed by atoms with Crippen LogP contribution < -0.4 is 5.32 Å². The van der Waals surface area contributed by atoms with Gasteiger partial charge in [-0.15, -0.1) is 0 Å². The molecule has 0 amide bonds. The molecule has 0 radical (unpaired) electrons. The minimum Gasteiger partial charge on any atom is -0.383 e. The molecule has 120 valence electrons. The molecule has 1 fully saturated rings. The van der Waals surface area contributed by atoms with Gasteiger partial charge in [0.1, 0.15) is 0 Å². The fraction of sp³-hybridized carbons (Fsp3) is 0.812. The van der Waals surface area contributed by atoms with Crippen molar-refractivity contribution < 1.29 is 4.74 Å². The average Bonchev–Trinajstić information content (AvgIpc) is 2.88. The quantitative estimate of drug-likeness (QED) is 0.807. The van der Waals surface area contributed by atoms with Crippen molar-refractivity contribution in [1.29, 1.82) is 0 Å². The van der Waals surface area contributed by atoms with Crippen molar-refractivity contribution in [3.63, 3.8) is 0 Å². The Bertz CT molecular complexity index is 427. The Kier molecular flexibility index (Phi) is 6.71. The zero-order chi connectivity index (χ0) is 15.2. The summed E-state index contributed by atoms with van der Waals surface area (Å²) in [4.78, 5) is 0. The van der Waals surface area contributed by atoms with Crippen LogP contribution in [0.15, 0.2) is 10.7 Å². The number of aromatic nitrogens is 2. The molecular weight excluding hydrogens is 330 g/mol. The Morgan fingerprint density at radius 3 is 2.71 bits per heavy atom. The molecule has 4 nitrogen and oxygen atoms in total. The predicted molar refractivity (Wildman–Crippen MR) is 89.3 cm³/mol. The maximum absolute atomic E-state index is 5.20. The second kappa shape index (κ2) is 8.30. The number of ether oxygens (including phenoxy) is 1. The third-order valence-corrected chi connectivity index (χ3v) is 5.50. The first-order chi connectivity index (χ1) is 10.2. The minimum absolute atomic E-state index is 0.372. The molecule has 1 aromatic heterocycles. The first kappa shape index (κ1) is 17.0. The lowest BCUT2D eigenvalue weighted by Crippen LogP contribution is -2.31. The highest BCUT2D eigenvalue weighted by atomic mass is 79.9. The predicted octanol–water partition coefficient (Wildman–Crippen LogP) is 3.77. The molecule has 0 saturated heterocycles. The van der Waals surface area contributed by atoms with E-state index in [1.54, 1.807) is 7.11 Å². The number of hydrogen-bond acceptors (Lipinski definition) is 3. The molecule has 2 rings (SSSR count). The van der Waals surface area contributed by atoms with Crippen LogP contribution in [0.1, 0.15) is 50.8 Å². The molecule has 1 N–H and O–H groups in total. The standard InChI is InChI=1S/C16H28BrN3O/c1-4-12-5-7-13(8-6-12)15(18-2)16-14(17)11-19-20(16)9-10-21-3/h11-13,15,18H,4-10H2,1-3H3. The molecule has 21 heavy (non-hydrogen) atoms. The van der Waals surface area contributed by atoms with Gasteiger partial charge in [0.25, 0.3) is 0 Å². The van der Waals surface area contributed by atoms with Crippen LogP contribution in [0.25, 0.3) is 0 Å². The SMILES string of the molecule is CCC1CCC(C(NC)c2c(Br)cnn2CCOC)CC1. The summed E-state index contributed by atoms with van der Waals surface area (Å²) < 4.78 is 8.39. The molecule has 5 heteroatoms. The Labute approximate surface area is 136 Å². The summed E-state index contributed by atoms with van der Waals surface area (Å²) >= 11 is 3.68. The van der Waals surface area contributed by atoms with E-state index in [-0.39, 0.29) is 0 Å². The lowest BCUT2D eigenvalue weighted by molar-refractivity contribution is 0.177. The normalized spacial score (nSPS) is 24.2. The highest BCUT2D eigenvalue weighted by molar-refractivity contribution is 9.10. The largest absolute Gasteiger partial charge is 0.383 e. The van der Waals surface area contributed by atoms with Crippen molar-refractivity contribution in [2.45, 2.75) is 51.6 Å². The van der Waals surface area contributed by atoms with Crippen molar-refractivity contribution in [1.82, 2.24) is 15.1 Å². The van der Waals surface area contributed by atoms with Gasteiger partial charge in [-0.1, -0.05) is 26.2 Å². The number of nitrogens with one attached hydrogen (secondary N) is 1. The molecule has 1 aliphatic rings. The summed E-state index contributed by atoms with van der Waals surface area (Å²) in [5, 5.41) is 8.03.